The van der Waals surface area contributed by atoms with Gasteiger partial charge in [-0.3, -0.25) is 4.79 Å². The van der Waals surface area contributed by atoms with Crippen LogP contribution in [0.25, 0.3) is 5.69 Å². The topological polar surface area (TPSA) is 56.1 Å². The maximum atomic E-state index is 13.5. The van der Waals surface area contributed by atoms with Gasteiger partial charge in [-0.1, -0.05) is 18.2 Å². The molecule has 24 heavy (non-hydrogen) atoms. The minimum absolute atomic E-state index is 0.146. The molecule has 1 atom stereocenters. The molecule has 0 aliphatic carbocycles. The normalized spacial score (nSPS) is 17.9. The maximum Gasteiger partial charge on any atom is 0.434 e. The number of nitrogens with one attached hydrogen (secondary N) is 1. The van der Waals surface area contributed by atoms with Gasteiger partial charge < -0.3 is 10.1 Å². The Bertz CT molecular complexity index is 707. The molecule has 8 heteroatoms. The summed E-state index contributed by atoms with van der Waals surface area (Å²) in [5.74, 6) is -0.806. The summed E-state index contributed by atoms with van der Waals surface area (Å²) >= 11 is 0. The number of amides is 1. The summed E-state index contributed by atoms with van der Waals surface area (Å²) in [5.41, 5.74) is -1.34. The third-order valence-corrected chi connectivity index (χ3v) is 3.80. The molecular formula is C16H16F3N3O2. The Labute approximate surface area is 136 Å². The van der Waals surface area contributed by atoms with Gasteiger partial charge in [0.25, 0.3) is 5.91 Å². The first-order valence-electron chi connectivity index (χ1n) is 7.57. The van der Waals surface area contributed by atoms with Crippen molar-refractivity contribution in [2.75, 3.05) is 13.2 Å². The van der Waals surface area contributed by atoms with Gasteiger partial charge in [-0.05, 0) is 25.0 Å². The predicted molar refractivity (Wildman–Crippen MR) is 79.9 cm³/mol. The van der Waals surface area contributed by atoms with Gasteiger partial charge in [0.05, 0.1) is 23.6 Å². The van der Waals surface area contributed by atoms with Crippen molar-refractivity contribution in [1.82, 2.24) is 15.1 Å². The van der Waals surface area contributed by atoms with E-state index in [4.69, 9.17) is 4.74 Å². The largest absolute Gasteiger partial charge is 0.434 e. The van der Waals surface area contributed by atoms with Crippen molar-refractivity contribution in [3.63, 3.8) is 0 Å². The van der Waals surface area contributed by atoms with E-state index in [1.165, 1.54) is 12.1 Å². The van der Waals surface area contributed by atoms with E-state index in [0.29, 0.717) is 6.61 Å². The minimum Gasteiger partial charge on any atom is -0.376 e. The standard InChI is InChI=1S/C16H16F3N3O2/c17-16(18,19)14-13(15(23)20-9-12-7-4-8-24-12)10-21-22(14)11-5-2-1-3-6-11/h1-3,5-6,10,12H,4,7-9H2,(H,20,23). The van der Waals surface area contributed by atoms with Crippen molar-refractivity contribution >= 4 is 5.91 Å². The van der Waals surface area contributed by atoms with E-state index in [2.05, 4.69) is 10.4 Å². The molecule has 0 spiro atoms. The molecule has 128 valence electrons. The fourth-order valence-corrected chi connectivity index (χ4v) is 2.66. The average molecular weight is 339 g/mol. The van der Waals surface area contributed by atoms with E-state index in [9.17, 15) is 18.0 Å². The highest BCUT2D eigenvalue weighted by Gasteiger charge is 2.40. The number of rotatable bonds is 4. The van der Waals surface area contributed by atoms with E-state index in [1.807, 2.05) is 0 Å². The van der Waals surface area contributed by atoms with E-state index < -0.39 is 23.3 Å². The van der Waals surface area contributed by atoms with Crippen LogP contribution < -0.4 is 5.32 Å². The van der Waals surface area contributed by atoms with Gasteiger partial charge in [-0.2, -0.15) is 18.3 Å². The van der Waals surface area contributed by atoms with E-state index in [0.717, 1.165) is 23.7 Å². The lowest BCUT2D eigenvalue weighted by Gasteiger charge is -2.14. The SMILES string of the molecule is O=C(NCC1CCCO1)c1cnn(-c2ccccc2)c1C(F)(F)F. The molecule has 1 saturated heterocycles. The van der Waals surface area contributed by atoms with Crippen LogP contribution in [0.4, 0.5) is 13.2 Å². The Kier molecular flexibility index (Phi) is 4.57. The third-order valence-electron chi connectivity index (χ3n) is 3.80. The highest BCUT2D eigenvalue weighted by molar-refractivity contribution is 5.95. The second kappa shape index (κ2) is 6.64. The van der Waals surface area contributed by atoms with Crippen molar-refractivity contribution in [2.45, 2.75) is 25.1 Å². The zero-order valence-corrected chi connectivity index (χ0v) is 12.7. The van der Waals surface area contributed by atoms with E-state index in [1.54, 1.807) is 18.2 Å². The second-order valence-corrected chi connectivity index (χ2v) is 5.50. The Balaban J connectivity index is 1.87. The summed E-state index contributed by atoms with van der Waals surface area (Å²) < 4.78 is 46.5. The molecule has 0 saturated carbocycles. The first kappa shape index (κ1) is 16.5. The van der Waals surface area contributed by atoms with Crippen LogP contribution in [0, 0.1) is 0 Å². The van der Waals surface area contributed by atoms with Gasteiger partial charge in [-0.15, -0.1) is 0 Å². The average Bonchev–Trinajstić information content (AvgIpc) is 3.22. The lowest BCUT2D eigenvalue weighted by molar-refractivity contribution is -0.143. The summed E-state index contributed by atoms with van der Waals surface area (Å²) in [5, 5.41) is 6.26. The van der Waals surface area contributed by atoms with Crippen molar-refractivity contribution in [1.29, 1.82) is 0 Å². The van der Waals surface area contributed by atoms with Crippen LogP contribution in [0.1, 0.15) is 28.9 Å². The molecule has 1 aromatic heterocycles. The number of aromatic nitrogens is 2. The van der Waals surface area contributed by atoms with Crippen LogP contribution in [0.5, 0.6) is 0 Å². The fourth-order valence-electron chi connectivity index (χ4n) is 2.66. The van der Waals surface area contributed by atoms with Crippen LogP contribution in [0.3, 0.4) is 0 Å². The van der Waals surface area contributed by atoms with Crippen LogP contribution in [0.15, 0.2) is 36.5 Å². The van der Waals surface area contributed by atoms with E-state index >= 15 is 0 Å². The first-order valence-corrected chi connectivity index (χ1v) is 7.57. The Hall–Kier alpha value is -2.35. The number of para-hydroxylation sites is 1. The molecular weight excluding hydrogens is 323 g/mol. The van der Waals surface area contributed by atoms with Crippen LogP contribution in [-0.4, -0.2) is 34.9 Å². The lowest BCUT2D eigenvalue weighted by Crippen LogP contribution is -2.33. The smallest absolute Gasteiger partial charge is 0.376 e. The molecule has 1 N–H and O–H groups in total. The van der Waals surface area contributed by atoms with Crippen molar-refractivity contribution in [3.8, 4) is 5.69 Å². The number of carbonyl (C=O) groups is 1. The molecule has 1 aromatic carbocycles. The Morgan fingerprint density at radius 2 is 2.08 bits per heavy atom. The third kappa shape index (κ3) is 3.43. The Morgan fingerprint density at radius 1 is 1.33 bits per heavy atom. The maximum absolute atomic E-state index is 13.5. The molecule has 0 bridgehead atoms. The molecule has 1 fully saturated rings. The van der Waals surface area contributed by atoms with E-state index in [-0.39, 0.29) is 18.3 Å². The molecule has 1 aliphatic heterocycles. The van der Waals surface area contributed by atoms with Crippen molar-refractivity contribution < 1.29 is 22.7 Å². The number of hydrogen-bond donors (Lipinski definition) is 1. The minimum atomic E-state index is -4.71. The summed E-state index contributed by atoms with van der Waals surface area (Å²) in [7, 11) is 0. The van der Waals surface area contributed by atoms with Crippen molar-refractivity contribution in [2.24, 2.45) is 0 Å². The summed E-state index contributed by atoms with van der Waals surface area (Å²) in [6, 6.07) is 7.89. The molecule has 2 heterocycles. The number of hydrogen-bond acceptors (Lipinski definition) is 3. The quantitative estimate of drug-likeness (QED) is 0.932. The number of nitrogens with zero attached hydrogens (tertiary/aromatic N) is 2. The number of halogens is 3. The Morgan fingerprint density at radius 3 is 2.71 bits per heavy atom. The zero-order chi connectivity index (χ0) is 17.2. The molecule has 1 amide bonds. The monoisotopic (exact) mass is 339 g/mol. The fraction of sp³-hybridized carbons (Fsp3) is 0.375. The molecule has 2 aromatic rings. The van der Waals surface area contributed by atoms with Gasteiger partial charge in [0.15, 0.2) is 5.69 Å². The molecule has 1 aliphatic rings. The van der Waals surface area contributed by atoms with Gasteiger partial charge in [0, 0.05) is 13.2 Å². The number of alkyl halides is 3. The van der Waals surface area contributed by atoms with Gasteiger partial charge >= 0.3 is 6.18 Å². The summed E-state index contributed by atoms with van der Waals surface area (Å²) in [6.45, 7) is 0.799. The van der Waals surface area contributed by atoms with Gasteiger partial charge in [0.2, 0.25) is 0 Å². The molecule has 5 nitrogen and oxygen atoms in total. The molecule has 3 rings (SSSR count). The number of benzene rings is 1. The highest BCUT2D eigenvalue weighted by atomic mass is 19.4. The van der Waals surface area contributed by atoms with Crippen LogP contribution >= 0.6 is 0 Å². The number of carbonyl (C=O) groups excluding carboxylic acids is 1. The summed E-state index contributed by atoms with van der Waals surface area (Å²) in [6.07, 6.45) is -2.23. The second-order valence-electron chi connectivity index (χ2n) is 5.50. The van der Waals surface area contributed by atoms with Crippen molar-refractivity contribution in [3.05, 3.63) is 47.8 Å². The van der Waals surface area contributed by atoms with Crippen LogP contribution in [0.2, 0.25) is 0 Å². The summed E-state index contributed by atoms with van der Waals surface area (Å²) in [4.78, 5) is 12.2. The zero-order valence-electron chi connectivity index (χ0n) is 12.7. The number of ether oxygens (including phenoxy) is 1. The first-order chi connectivity index (χ1) is 11.5. The highest BCUT2D eigenvalue weighted by Crippen LogP contribution is 2.33. The predicted octanol–water partition coefficient (Wildman–Crippen LogP) is 2.80. The molecule has 1 unspecified atom stereocenters. The molecule has 0 radical (unpaired) electrons. The van der Waals surface area contributed by atoms with Gasteiger partial charge in [0.1, 0.15) is 0 Å². The lowest BCUT2D eigenvalue weighted by atomic mass is 10.2. The van der Waals surface area contributed by atoms with Crippen LogP contribution in [-0.2, 0) is 10.9 Å². The van der Waals surface area contributed by atoms with Gasteiger partial charge in [-0.25, -0.2) is 4.68 Å².